The molecular formula is C18H15ClN4O4S. The van der Waals surface area contributed by atoms with Crippen molar-refractivity contribution >= 4 is 57.4 Å². The molecule has 0 aliphatic carbocycles. The van der Waals surface area contributed by atoms with Gasteiger partial charge in [-0.25, -0.2) is 4.99 Å². The van der Waals surface area contributed by atoms with Crippen molar-refractivity contribution in [3.63, 3.8) is 0 Å². The molecule has 3 rings (SSSR count). The fourth-order valence-electron chi connectivity index (χ4n) is 2.49. The number of benzene rings is 2. The largest absolute Gasteiger partial charge is 0.320 e. The SMILES string of the molecule is Cc1ccc(NC(=O)CC2SC(=Nc3ccc(Cl)cc3)NC2=O)c([N+](=O)[O-])c1. The Labute approximate surface area is 169 Å². The Hall–Kier alpha value is -2.91. The first-order valence-electron chi connectivity index (χ1n) is 8.18. The van der Waals surface area contributed by atoms with Crippen LogP contribution in [0.2, 0.25) is 5.02 Å². The molecule has 1 heterocycles. The highest BCUT2D eigenvalue weighted by Gasteiger charge is 2.32. The van der Waals surface area contributed by atoms with Crippen LogP contribution in [0.4, 0.5) is 17.1 Å². The average Bonchev–Trinajstić information content (AvgIpc) is 2.97. The van der Waals surface area contributed by atoms with Crippen molar-refractivity contribution < 1.29 is 14.5 Å². The lowest BCUT2D eigenvalue weighted by molar-refractivity contribution is -0.384. The zero-order chi connectivity index (χ0) is 20.3. The molecule has 28 heavy (non-hydrogen) atoms. The van der Waals surface area contributed by atoms with Crippen molar-refractivity contribution in [1.29, 1.82) is 0 Å². The van der Waals surface area contributed by atoms with Gasteiger partial charge in [0, 0.05) is 17.5 Å². The smallest absolute Gasteiger partial charge is 0.293 e. The molecule has 1 aliphatic heterocycles. The third-order valence-electron chi connectivity index (χ3n) is 3.83. The molecule has 2 aromatic rings. The maximum absolute atomic E-state index is 12.3. The molecular weight excluding hydrogens is 404 g/mol. The van der Waals surface area contributed by atoms with Gasteiger partial charge in [0.2, 0.25) is 11.8 Å². The number of hydrogen-bond donors (Lipinski definition) is 2. The van der Waals surface area contributed by atoms with Crippen LogP contribution in [0.25, 0.3) is 0 Å². The molecule has 0 radical (unpaired) electrons. The van der Waals surface area contributed by atoms with Gasteiger partial charge < -0.3 is 10.6 Å². The number of hydrogen-bond acceptors (Lipinski definition) is 6. The van der Waals surface area contributed by atoms with Gasteiger partial charge >= 0.3 is 0 Å². The van der Waals surface area contributed by atoms with E-state index >= 15 is 0 Å². The summed E-state index contributed by atoms with van der Waals surface area (Å²) in [5.41, 5.74) is 1.23. The van der Waals surface area contributed by atoms with E-state index in [2.05, 4.69) is 15.6 Å². The first-order valence-corrected chi connectivity index (χ1v) is 9.44. The second kappa shape index (κ2) is 8.41. The summed E-state index contributed by atoms with van der Waals surface area (Å²) in [6.07, 6.45) is -0.138. The summed E-state index contributed by atoms with van der Waals surface area (Å²) < 4.78 is 0. The number of thioether (sulfide) groups is 1. The number of anilines is 1. The molecule has 1 unspecified atom stereocenters. The van der Waals surface area contributed by atoms with Gasteiger partial charge in [-0.2, -0.15) is 0 Å². The Bertz CT molecular complexity index is 978. The summed E-state index contributed by atoms with van der Waals surface area (Å²) >= 11 is 6.96. The third kappa shape index (κ3) is 4.87. The van der Waals surface area contributed by atoms with Gasteiger partial charge in [0.05, 0.1) is 10.6 Å². The molecule has 2 N–H and O–H groups in total. The Morgan fingerprint density at radius 3 is 2.71 bits per heavy atom. The third-order valence-corrected chi connectivity index (χ3v) is 5.16. The molecule has 2 amide bonds. The van der Waals surface area contributed by atoms with Crippen molar-refractivity contribution in [3.8, 4) is 0 Å². The summed E-state index contributed by atoms with van der Waals surface area (Å²) in [7, 11) is 0. The van der Waals surface area contributed by atoms with Crippen LogP contribution < -0.4 is 10.6 Å². The van der Waals surface area contributed by atoms with Crippen LogP contribution >= 0.6 is 23.4 Å². The van der Waals surface area contributed by atoms with E-state index < -0.39 is 16.1 Å². The Kier molecular flexibility index (Phi) is 5.96. The van der Waals surface area contributed by atoms with Crippen LogP contribution in [0.1, 0.15) is 12.0 Å². The normalized spacial score (nSPS) is 17.4. The van der Waals surface area contributed by atoms with E-state index in [1.54, 1.807) is 37.3 Å². The van der Waals surface area contributed by atoms with E-state index in [0.717, 1.165) is 11.8 Å². The number of aryl methyl sites for hydroxylation is 1. The zero-order valence-electron chi connectivity index (χ0n) is 14.6. The van der Waals surface area contributed by atoms with E-state index in [1.807, 2.05) is 0 Å². The number of nitro benzene ring substituents is 1. The lowest BCUT2D eigenvalue weighted by atomic mass is 10.2. The maximum Gasteiger partial charge on any atom is 0.293 e. The minimum absolute atomic E-state index is 0.0964. The Balaban J connectivity index is 1.66. The molecule has 1 aliphatic rings. The number of nitrogens with one attached hydrogen (secondary N) is 2. The van der Waals surface area contributed by atoms with Gasteiger partial charge in [0.1, 0.15) is 10.9 Å². The number of rotatable bonds is 5. The van der Waals surface area contributed by atoms with Crippen molar-refractivity contribution in [2.24, 2.45) is 4.99 Å². The van der Waals surface area contributed by atoms with E-state index in [4.69, 9.17) is 11.6 Å². The van der Waals surface area contributed by atoms with Crippen LogP contribution in [0.15, 0.2) is 47.5 Å². The van der Waals surface area contributed by atoms with E-state index in [1.165, 1.54) is 12.1 Å². The lowest BCUT2D eigenvalue weighted by Gasteiger charge is -2.08. The monoisotopic (exact) mass is 418 g/mol. The van der Waals surface area contributed by atoms with Crippen molar-refractivity contribution in [3.05, 3.63) is 63.2 Å². The number of amides is 2. The number of amidine groups is 1. The van der Waals surface area contributed by atoms with Gasteiger partial charge in [-0.3, -0.25) is 19.7 Å². The predicted octanol–water partition coefficient (Wildman–Crippen LogP) is 3.80. The summed E-state index contributed by atoms with van der Waals surface area (Å²) in [6, 6.07) is 11.3. The van der Waals surface area contributed by atoms with Gasteiger partial charge in [-0.05, 0) is 42.8 Å². The highest BCUT2D eigenvalue weighted by atomic mass is 35.5. The maximum atomic E-state index is 12.3. The first kappa shape index (κ1) is 19.8. The minimum atomic E-state index is -0.671. The molecule has 1 fully saturated rings. The number of carbonyl (C=O) groups excluding carboxylic acids is 2. The standard InChI is InChI=1S/C18H15ClN4O4S/c1-10-2-7-13(14(8-10)23(26)27)21-16(24)9-15-17(25)22-18(28-15)20-12-5-3-11(19)4-6-12/h2-8,15H,9H2,1H3,(H,21,24)(H,20,22,25). The summed E-state index contributed by atoms with van der Waals surface area (Å²) in [6.45, 7) is 1.72. The first-order chi connectivity index (χ1) is 13.3. The number of carbonyl (C=O) groups is 2. The van der Waals surface area contributed by atoms with Crippen molar-refractivity contribution in [2.45, 2.75) is 18.6 Å². The topological polar surface area (TPSA) is 114 Å². The quantitative estimate of drug-likeness (QED) is 0.566. The van der Waals surface area contributed by atoms with Crippen LogP contribution in [-0.2, 0) is 9.59 Å². The summed E-state index contributed by atoms with van der Waals surface area (Å²) in [5, 5.41) is 16.6. The van der Waals surface area contributed by atoms with Crippen LogP contribution in [0, 0.1) is 17.0 Å². The fraction of sp³-hybridized carbons (Fsp3) is 0.167. The van der Waals surface area contributed by atoms with Gasteiger partial charge in [-0.15, -0.1) is 0 Å². The van der Waals surface area contributed by atoms with Crippen molar-refractivity contribution in [1.82, 2.24) is 5.32 Å². The zero-order valence-corrected chi connectivity index (χ0v) is 16.2. The Morgan fingerprint density at radius 2 is 2.04 bits per heavy atom. The van der Waals surface area contributed by atoms with Crippen molar-refractivity contribution in [2.75, 3.05) is 5.32 Å². The molecule has 2 aromatic carbocycles. The van der Waals surface area contributed by atoms with E-state index in [0.29, 0.717) is 21.4 Å². The molecule has 0 bridgehead atoms. The fourth-order valence-corrected chi connectivity index (χ4v) is 3.61. The predicted molar refractivity (Wildman–Crippen MR) is 109 cm³/mol. The van der Waals surface area contributed by atoms with Crippen LogP contribution in [0.3, 0.4) is 0 Å². The second-order valence-electron chi connectivity index (χ2n) is 6.02. The van der Waals surface area contributed by atoms with Crippen LogP contribution in [0.5, 0.6) is 0 Å². The molecule has 10 heteroatoms. The lowest BCUT2D eigenvalue weighted by Crippen LogP contribution is -2.28. The summed E-state index contributed by atoms with van der Waals surface area (Å²) in [5.74, 6) is -0.835. The number of aliphatic imine (C=N–C) groups is 1. The van der Waals surface area contributed by atoms with E-state index in [-0.39, 0.29) is 23.7 Å². The van der Waals surface area contributed by atoms with Crippen LogP contribution in [-0.4, -0.2) is 27.2 Å². The molecule has 0 saturated carbocycles. The Morgan fingerprint density at radius 1 is 1.32 bits per heavy atom. The second-order valence-corrected chi connectivity index (χ2v) is 7.65. The summed E-state index contributed by atoms with van der Waals surface area (Å²) in [4.78, 5) is 39.3. The highest BCUT2D eigenvalue weighted by molar-refractivity contribution is 8.15. The average molecular weight is 419 g/mol. The number of halogens is 1. The van der Waals surface area contributed by atoms with Gasteiger partial charge in [0.15, 0.2) is 5.17 Å². The molecule has 1 saturated heterocycles. The number of nitro groups is 1. The minimum Gasteiger partial charge on any atom is -0.320 e. The molecule has 144 valence electrons. The molecule has 1 atom stereocenters. The molecule has 0 spiro atoms. The number of nitrogens with zero attached hydrogens (tertiary/aromatic N) is 2. The van der Waals surface area contributed by atoms with Gasteiger partial charge in [-0.1, -0.05) is 29.4 Å². The molecule has 0 aromatic heterocycles. The molecule has 8 nitrogen and oxygen atoms in total. The highest BCUT2D eigenvalue weighted by Crippen LogP contribution is 2.28. The van der Waals surface area contributed by atoms with Gasteiger partial charge in [0.25, 0.3) is 5.69 Å². The van der Waals surface area contributed by atoms with E-state index in [9.17, 15) is 19.7 Å².